The highest BCUT2D eigenvalue weighted by Crippen LogP contribution is 2.17. The Morgan fingerprint density at radius 3 is 2.93 bits per heavy atom. The van der Waals surface area contributed by atoms with Crippen molar-refractivity contribution in [2.24, 2.45) is 0 Å². The number of alkyl halides is 1. The van der Waals surface area contributed by atoms with Crippen LogP contribution in [-0.2, 0) is 0 Å². The molecule has 0 aliphatic rings. The van der Waals surface area contributed by atoms with Crippen LogP contribution in [0.1, 0.15) is 23.2 Å². The van der Waals surface area contributed by atoms with Gasteiger partial charge in [-0.3, -0.25) is 4.79 Å². The predicted octanol–water partition coefficient (Wildman–Crippen LogP) is 3.77. The van der Waals surface area contributed by atoms with Crippen LogP contribution in [0.25, 0.3) is 0 Å². The fourth-order valence-electron chi connectivity index (χ4n) is 1.17. The minimum Gasteiger partial charge on any atom is -0.294 e. The second-order valence-electron chi connectivity index (χ2n) is 2.95. The lowest BCUT2D eigenvalue weighted by molar-refractivity contribution is 0.0982. The smallest absolute Gasteiger partial charge is 0.162 e. The van der Waals surface area contributed by atoms with E-state index in [0.29, 0.717) is 6.42 Å². The van der Waals surface area contributed by atoms with Gasteiger partial charge in [0.05, 0.1) is 0 Å². The summed E-state index contributed by atoms with van der Waals surface area (Å²) in [6.07, 6.45) is 3.55. The third-order valence-electron chi connectivity index (χ3n) is 1.93. The molecule has 1 aromatic rings. The third kappa shape index (κ3) is 3.46. The zero-order chi connectivity index (χ0) is 10.4. The Hall–Kier alpha value is -0.280. The largest absolute Gasteiger partial charge is 0.294 e. The van der Waals surface area contributed by atoms with Crippen LogP contribution in [0, 0.1) is 0 Å². The van der Waals surface area contributed by atoms with Gasteiger partial charge in [-0.1, -0.05) is 28.1 Å². The molecule has 0 aliphatic heterocycles. The van der Waals surface area contributed by atoms with Crippen molar-refractivity contribution in [1.29, 1.82) is 0 Å². The molecule has 3 heteroatoms. The van der Waals surface area contributed by atoms with Gasteiger partial charge in [-0.15, -0.1) is 11.8 Å². The highest BCUT2D eigenvalue weighted by Gasteiger charge is 2.05. The molecule has 0 aromatic heterocycles. The Morgan fingerprint density at radius 1 is 1.50 bits per heavy atom. The van der Waals surface area contributed by atoms with Gasteiger partial charge in [-0.05, 0) is 24.8 Å². The molecular formula is C11H13BrOS. The van der Waals surface area contributed by atoms with Crippen LogP contribution in [-0.4, -0.2) is 17.4 Å². The van der Waals surface area contributed by atoms with Gasteiger partial charge in [-0.25, -0.2) is 0 Å². The van der Waals surface area contributed by atoms with E-state index in [9.17, 15) is 4.79 Å². The number of hydrogen-bond donors (Lipinski definition) is 0. The summed E-state index contributed by atoms with van der Waals surface area (Å²) in [4.78, 5) is 12.8. The zero-order valence-electron chi connectivity index (χ0n) is 8.13. The predicted molar refractivity (Wildman–Crippen MR) is 65.6 cm³/mol. The molecule has 0 N–H and O–H groups in total. The topological polar surface area (TPSA) is 17.1 Å². The normalized spacial score (nSPS) is 10.1. The standard InChI is InChI=1S/C11H13BrOS/c1-14-10-5-2-4-9(8-10)11(13)6-3-7-12/h2,4-5,8H,3,6-7H2,1H3. The molecule has 0 fully saturated rings. The van der Waals surface area contributed by atoms with Crippen LogP contribution in [0.5, 0.6) is 0 Å². The molecule has 0 aliphatic carbocycles. The van der Waals surface area contributed by atoms with Crippen LogP contribution in [0.2, 0.25) is 0 Å². The number of ketones is 1. The lowest BCUT2D eigenvalue weighted by Gasteiger charge is -2.01. The number of carbonyl (C=O) groups is 1. The van der Waals surface area contributed by atoms with Crippen LogP contribution < -0.4 is 0 Å². The first kappa shape index (κ1) is 11.8. The van der Waals surface area contributed by atoms with Gasteiger partial charge in [0.2, 0.25) is 0 Å². The first-order chi connectivity index (χ1) is 6.77. The van der Waals surface area contributed by atoms with Gasteiger partial charge >= 0.3 is 0 Å². The Bertz CT molecular complexity index is 312. The number of hydrogen-bond acceptors (Lipinski definition) is 2. The molecule has 0 heterocycles. The number of halogens is 1. The number of rotatable bonds is 5. The third-order valence-corrected chi connectivity index (χ3v) is 3.22. The maximum absolute atomic E-state index is 11.6. The second-order valence-corrected chi connectivity index (χ2v) is 4.62. The monoisotopic (exact) mass is 272 g/mol. The van der Waals surface area contributed by atoms with Crippen molar-refractivity contribution in [2.45, 2.75) is 17.7 Å². The number of thioether (sulfide) groups is 1. The van der Waals surface area contributed by atoms with Crippen molar-refractivity contribution in [1.82, 2.24) is 0 Å². The highest BCUT2D eigenvalue weighted by molar-refractivity contribution is 9.09. The van der Waals surface area contributed by atoms with Crippen molar-refractivity contribution >= 4 is 33.5 Å². The molecule has 0 atom stereocenters. The SMILES string of the molecule is CSc1cccc(C(=O)CCCBr)c1. The minimum absolute atomic E-state index is 0.236. The molecule has 0 saturated carbocycles. The Balaban J connectivity index is 2.69. The molecule has 0 unspecified atom stereocenters. The van der Waals surface area contributed by atoms with E-state index < -0.39 is 0 Å². The summed E-state index contributed by atoms with van der Waals surface area (Å²) in [7, 11) is 0. The highest BCUT2D eigenvalue weighted by atomic mass is 79.9. The number of Topliss-reactive ketones (excluding diaryl/α,β-unsaturated/α-hetero) is 1. The quantitative estimate of drug-likeness (QED) is 0.461. The van der Waals surface area contributed by atoms with E-state index in [-0.39, 0.29) is 5.78 Å². The average molecular weight is 273 g/mol. The molecule has 1 nitrogen and oxygen atoms in total. The van der Waals surface area contributed by atoms with Gasteiger partial charge in [0, 0.05) is 22.2 Å². The van der Waals surface area contributed by atoms with E-state index in [0.717, 1.165) is 22.2 Å². The summed E-state index contributed by atoms with van der Waals surface area (Å²) in [5.41, 5.74) is 0.831. The van der Waals surface area contributed by atoms with Gasteiger partial charge < -0.3 is 0 Å². The van der Waals surface area contributed by atoms with E-state index in [1.807, 2.05) is 30.5 Å². The second kappa shape index (κ2) is 6.25. The van der Waals surface area contributed by atoms with Crippen LogP contribution in [0.3, 0.4) is 0 Å². The van der Waals surface area contributed by atoms with E-state index in [1.54, 1.807) is 11.8 Å². The molecule has 0 bridgehead atoms. The van der Waals surface area contributed by atoms with Crippen LogP contribution in [0.15, 0.2) is 29.2 Å². The summed E-state index contributed by atoms with van der Waals surface area (Å²) >= 11 is 4.98. The molecule has 76 valence electrons. The number of carbonyl (C=O) groups excluding carboxylic acids is 1. The first-order valence-corrected chi connectivity index (χ1v) is 6.85. The molecule has 1 rings (SSSR count). The lowest BCUT2D eigenvalue weighted by atomic mass is 10.1. The Labute approximate surface area is 97.4 Å². The Morgan fingerprint density at radius 2 is 2.29 bits per heavy atom. The molecule has 0 spiro atoms. The molecule has 1 aromatic carbocycles. The maximum atomic E-state index is 11.6. The van der Waals surface area contributed by atoms with E-state index in [1.165, 1.54) is 0 Å². The minimum atomic E-state index is 0.236. The number of benzene rings is 1. The van der Waals surface area contributed by atoms with E-state index in [2.05, 4.69) is 15.9 Å². The lowest BCUT2D eigenvalue weighted by Crippen LogP contribution is -1.98. The fraction of sp³-hybridized carbons (Fsp3) is 0.364. The van der Waals surface area contributed by atoms with Crippen LogP contribution >= 0.6 is 27.7 Å². The molecule has 0 radical (unpaired) electrons. The zero-order valence-corrected chi connectivity index (χ0v) is 10.5. The van der Waals surface area contributed by atoms with Gasteiger partial charge in [0.25, 0.3) is 0 Å². The molecule has 14 heavy (non-hydrogen) atoms. The fourth-order valence-corrected chi connectivity index (χ4v) is 1.91. The van der Waals surface area contributed by atoms with Crippen molar-refractivity contribution in [2.75, 3.05) is 11.6 Å². The van der Waals surface area contributed by atoms with Crippen molar-refractivity contribution < 1.29 is 4.79 Å². The van der Waals surface area contributed by atoms with Crippen molar-refractivity contribution in [3.63, 3.8) is 0 Å². The van der Waals surface area contributed by atoms with Crippen molar-refractivity contribution in [3.05, 3.63) is 29.8 Å². The molecule has 0 amide bonds. The average Bonchev–Trinajstić information content (AvgIpc) is 2.26. The van der Waals surface area contributed by atoms with Gasteiger partial charge in [0.15, 0.2) is 5.78 Å². The van der Waals surface area contributed by atoms with Gasteiger partial charge in [-0.2, -0.15) is 0 Å². The van der Waals surface area contributed by atoms with E-state index in [4.69, 9.17) is 0 Å². The molecular weight excluding hydrogens is 260 g/mol. The summed E-state index contributed by atoms with van der Waals surface area (Å²) < 4.78 is 0. The van der Waals surface area contributed by atoms with E-state index >= 15 is 0 Å². The van der Waals surface area contributed by atoms with Crippen molar-refractivity contribution in [3.8, 4) is 0 Å². The Kier molecular flexibility index (Phi) is 5.26. The van der Waals surface area contributed by atoms with Crippen LogP contribution in [0.4, 0.5) is 0 Å². The van der Waals surface area contributed by atoms with Gasteiger partial charge in [0.1, 0.15) is 0 Å². The first-order valence-electron chi connectivity index (χ1n) is 4.51. The summed E-state index contributed by atoms with van der Waals surface area (Å²) in [6.45, 7) is 0. The maximum Gasteiger partial charge on any atom is 0.162 e. The summed E-state index contributed by atoms with van der Waals surface area (Å²) in [5.74, 6) is 0.236. The summed E-state index contributed by atoms with van der Waals surface area (Å²) in [6, 6.07) is 7.80. The summed E-state index contributed by atoms with van der Waals surface area (Å²) in [5, 5.41) is 0.890. The molecule has 0 saturated heterocycles.